The predicted octanol–water partition coefficient (Wildman–Crippen LogP) is 3.13. The molecule has 0 rings (SSSR count). The van der Waals surface area contributed by atoms with Crippen LogP contribution in [0, 0.1) is 6.42 Å². The molecule has 0 saturated carbocycles. The van der Waals surface area contributed by atoms with Gasteiger partial charge in [-0.3, -0.25) is 0 Å². The first kappa shape index (κ1) is 9.35. The maximum Gasteiger partial charge on any atom is 0.00750 e. The van der Waals surface area contributed by atoms with Crippen LogP contribution in [0.1, 0.15) is 34.1 Å². The highest BCUT2D eigenvalue weighted by Gasteiger charge is 2.08. The molecule has 1 heteroatoms. The van der Waals surface area contributed by atoms with Crippen molar-refractivity contribution in [2.24, 2.45) is 0 Å². The number of unbranched alkanes of at least 4 members (excludes halogenated alkanes) is 1. The summed E-state index contributed by atoms with van der Waals surface area (Å²) in [6.07, 6.45) is 3.46. The van der Waals surface area contributed by atoms with Gasteiger partial charge >= 0.3 is 0 Å². The zero-order chi connectivity index (χ0) is 7.33. The SMILES string of the molecule is C[CH]CCSC(C)(C)C. The normalized spacial score (nSPS) is 12.0. The van der Waals surface area contributed by atoms with E-state index in [0.29, 0.717) is 4.75 Å². The largest absolute Gasteiger partial charge is 0.156 e. The Labute approximate surface area is 63.4 Å². The van der Waals surface area contributed by atoms with Crippen LogP contribution in [-0.4, -0.2) is 10.5 Å². The summed E-state index contributed by atoms with van der Waals surface area (Å²) in [6.45, 7) is 8.89. The van der Waals surface area contributed by atoms with Crippen molar-refractivity contribution in [1.29, 1.82) is 0 Å². The summed E-state index contributed by atoms with van der Waals surface area (Å²) in [5.74, 6) is 1.26. The first-order valence-corrected chi connectivity index (χ1v) is 4.46. The van der Waals surface area contributed by atoms with E-state index in [1.54, 1.807) is 0 Å². The lowest BCUT2D eigenvalue weighted by atomic mass is 10.3. The fourth-order valence-electron chi connectivity index (χ4n) is 0.483. The van der Waals surface area contributed by atoms with E-state index in [1.165, 1.54) is 12.2 Å². The van der Waals surface area contributed by atoms with Crippen LogP contribution in [0.5, 0.6) is 0 Å². The maximum absolute atomic E-state index is 2.26. The van der Waals surface area contributed by atoms with Gasteiger partial charge < -0.3 is 0 Å². The molecule has 0 aliphatic carbocycles. The van der Waals surface area contributed by atoms with Crippen LogP contribution in [-0.2, 0) is 0 Å². The minimum Gasteiger partial charge on any atom is -0.156 e. The molecule has 9 heavy (non-hydrogen) atoms. The van der Waals surface area contributed by atoms with Gasteiger partial charge in [0.25, 0.3) is 0 Å². The van der Waals surface area contributed by atoms with E-state index in [-0.39, 0.29) is 0 Å². The van der Waals surface area contributed by atoms with Crippen LogP contribution < -0.4 is 0 Å². The average molecular weight is 145 g/mol. The average Bonchev–Trinajstić information content (AvgIpc) is 1.63. The van der Waals surface area contributed by atoms with Crippen LogP contribution in [0.4, 0.5) is 0 Å². The lowest BCUT2D eigenvalue weighted by Crippen LogP contribution is -2.07. The summed E-state index contributed by atoms with van der Waals surface area (Å²) in [5, 5.41) is 0. The molecule has 0 saturated heterocycles. The van der Waals surface area contributed by atoms with Gasteiger partial charge in [0.15, 0.2) is 0 Å². The van der Waals surface area contributed by atoms with Crippen LogP contribution >= 0.6 is 11.8 Å². The van der Waals surface area contributed by atoms with Gasteiger partial charge in [0.05, 0.1) is 0 Å². The Balaban J connectivity index is 3.07. The van der Waals surface area contributed by atoms with E-state index in [0.717, 1.165) is 0 Å². The van der Waals surface area contributed by atoms with Crippen molar-refractivity contribution >= 4 is 11.8 Å². The van der Waals surface area contributed by atoms with Crippen LogP contribution in [0.15, 0.2) is 0 Å². The van der Waals surface area contributed by atoms with Crippen LogP contribution in [0.25, 0.3) is 0 Å². The Kier molecular flexibility index (Phi) is 4.37. The number of thioether (sulfide) groups is 1. The molecular formula is C8H17S. The standard InChI is InChI=1S/C8H17S/c1-5-6-7-9-8(2,3)4/h5H,6-7H2,1-4H3. The van der Waals surface area contributed by atoms with E-state index in [1.807, 2.05) is 11.8 Å². The molecule has 0 nitrogen and oxygen atoms in total. The second-order valence-corrected chi connectivity index (χ2v) is 5.08. The summed E-state index contributed by atoms with van der Waals surface area (Å²) in [5.41, 5.74) is 0. The second-order valence-electron chi connectivity index (χ2n) is 3.16. The van der Waals surface area contributed by atoms with Crippen molar-refractivity contribution < 1.29 is 0 Å². The van der Waals surface area contributed by atoms with Crippen molar-refractivity contribution in [2.45, 2.75) is 38.9 Å². The van der Waals surface area contributed by atoms with Crippen molar-refractivity contribution in [3.8, 4) is 0 Å². The molecule has 0 aromatic rings. The quantitative estimate of drug-likeness (QED) is 0.550. The van der Waals surface area contributed by atoms with Gasteiger partial charge in [0, 0.05) is 4.75 Å². The third kappa shape index (κ3) is 8.35. The smallest absolute Gasteiger partial charge is 0.00750 e. The summed E-state index contributed by atoms with van der Waals surface area (Å²) in [4.78, 5) is 0. The molecule has 0 heterocycles. The highest BCUT2D eigenvalue weighted by molar-refractivity contribution is 8.00. The summed E-state index contributed by atoms with van der Waals surface area (Å²) >= 11 is 2.03. The predicted molar refractivity (Wildman–Crippen MR) is 46.8 cm³/mol. The molecule has 0 unspecified atom stereocenters. The molecule has 0 spiro atoms. The number of hydrogen-bond acceptors (Lipinski definition) is 1. The molecule has 0 bridgehead atoms. The number of rotatable bonds is 3. The van der Waals surface area contributed by atoms with E-state index in [2.05, 4.69) is 34.1 Å². The van der Waals surface area contributed by atoms with Crippen molar-refractivity contribution in [3.05, 3.63) is 6.42 Å². The van der Waals surface area contributed by atoms with Crippen molar-refractivity contribution in [1.82, 2.24) is 0 Å². The highest BCUT2D eigenvalue weighted by Crippen LogP contribution is 2.23. The molecular weight excluding hydrogens is 128 g/mol. The first-order chi connectivity index (χ1) is 4.06. The maximum atomic E-state index is 2.26. The Morgan fingerprint density at radius 3 is 2.22 bits per heavy atom. The lowest BCUT2D eigenvalue weighted by Gasteiger charge is -2.16. The molecule has 55 valence electrons. The van der Waals surface area contributed by atoms with E-state index < -0.39 is 0 Å². The van der Waals surface area contributed by atoms with Crippen LogP contribution in [0.3, 0.4) is 0 Å². The topological polar surface area (TPSA) is 0 Å². The molecule has 0 aromatic carbocycles. The number of hydrogen-bond donors (Lipinski definition) is 0. The lowest BCUT2D eigenvalue weighted by molar-refractivity contribution is 0.801. The summed E-state index contributed by atoms with van der Waals surface area (Å²) < 4.78 is 0.447. The fourth-order valence-corrected chi connectivity index (χ4v) is 1.45. The van der Waals surface area contributed by atoms with E-state index >= 15 is 0 Å². The minimum absolute atomic E-state index is 0.447. The van der Waals surface area contributed by atoms with E-state index in [9.17, 15) is 0 Å². The molecule has 0 aromatic heterocycles. The fraction of sp³-hybridized carbons (Fsp3) is 0.875. The first-order valence-electron chi connectivity index (χ1n) is 3.48. The molecule has 0 fully saturated rings. The third-order valence-electron chi connectivity index (χ3n) is 0.942. The van der Waals surface area contributed by atoms with Crippen LogP contribution in [0.2, 0.25) is 0 Å². The van der Waals surface area contributed by atoms with Gasteiger partial charge in [-0.2, -0.15) is 11.8 Å². The van der Waals surface area contributed by atoms with Gasteiger partial charge in [-0.15, -0.1) is 0 Å². The van der Waals surface area contributed by atoms with Gasteiger partial charge in [0.2, 0.25) is 0 Å². The Bertz CT molecular complexity index is 61.5. The highest BCUT2D eigenvalue weighted by atomic mass is 32.2. The Morgan fingerprint density at radius 2 is 1.89 bits per heavy atom. The Morgan fingerprint density at radius 1 is 1.33 bits per heavy atom. The molecule has 0 aliphatic heterocycles. The van der Waals surface area contributed by atoms with Gasteiger partial charge in [-0.25, -0.2) is 0 Å². The monoisotopic (exact) mass is 145 g/mol. The van der Waals surface area contributed by atoms with E-state index in [4.69, 9.17) is 0 Å². The van der Waals surface area contributed by atoms with Gasteiger partial charge in [0.1, 0.15) is 0 Å². The molecule has 0 amide bonds. The van der Waals surface area contributed by atoms with Crippen molar-refractivity contribution in [3.63, 3.8) is 0 Å². The summed E-state index contributed by atoms with van der Waals surface area (Å²) in [7, 11) is 0. The second kappa shape index (κ2) is 4.21. The zero-order valence-corrected chi connectivity index (χ0v) is 7.72. The molecule has 1 radical (unpaired) electrons. The summed E-state index contributed by atoms with van der Waals surface area (Å²) in [6, 6.07) is 0. The molecule has 0 atom stereocenters. The van der Waals surface area contributed by atoms with Gasteiger partial charge in [-0.1, -0.05) is 27.7 Å². The molecule has 0 N–H and O–H groups in total. The Hall–Kier alpha value is 0.350. The molecule has 0 aliphatic rings. The zero-order valence-electron chi connectivity index (χ0n) is 6.90. The van der Waals surface area contributed by atoms with Crippen molar-refractivity contribution in [2.75, 3.05) is 5.75 Å². The third-order valence-corrected chi connectivity index (χ3v) is 2.25. The minimum atomic E-state index is 0.447. The van der Waals surface area contributed by atoms with Gasteiger partial charge in [-0.05, 0) is 18.6 Å².